The third-order valence-corrected chi connectivity index (χ3v) is 7.80. The van der Waals surface area contributed by atoms with Gasteiger partial charge in [0.15, 0.2) is 0 Å². The summed E-state index contributed by atoms with van der Waals surface area (Å²) in [7, 11) is -3.32. The summed E-state index contributed by atoms with van der Waals surface area (Å²) in [5.74, 6) is 1.91. The minimum Gasteiger partial charge on any atom is -0.342 e. The monoisotopic (exact) mass is 376 g/mol. The fourth-order valence-electron chi connectivity index (χ4n) is 4.16. The lowest BCUT2D eigenvalue weighted by Gasteiger charge is -2.37. The Labute approximate surface area is 155 Å². The van der Waals surface area contributed by atoms with Crippen LogP contribution < -0.4 is 0 Å². The average Bonchev–Trinajstić information content (AvgIpc) is 3.04. The Morgan fingerprint density at radius 2 is 1.88 bits per heavy atom. The van der Waals surface area contributed by atoms with E-state index in [0.717, 1.165) is 49.0 Å². The molecule has 4 rings (SSSR count). The van der Waals surface area contributed by atoms with Crippen molar-refractivity contribution in [1.82, 2.24) is 18.6 Å². The van der Waals surface area contributed by atoms with E-state index in [1.807, 2.05) is 24.3 Å². The Morgan fingerprint density at radius 3 is 2.65 bits per heavy atom. The van der Waals surface area contributed by atoms with Gasteiger partial charge in [-0.25, -0.2) is 4.98 Å². The van der Waals surface area contributed by atoms with Gasteiger partial charge in [0, 0.05) is 32.6 Å². The maximum Gasteiger partial charge on any atom is 0.281 e. The molecule has 26 heavy (non-hydrogen) atoms. The summed E-state index contributed by atoms with van der Waals surface area (Å²) in [5, 5.41) is 0. The molecule has 7 heteroatoms. The van der Waals surface area contributed by atoms with Crippen molar-refractivity contribution in [2.45, 2.75) is 39.0 Å². The molecule has 2 aromatic rings. The minimum atomic E-state index is -3.32. The Balaban J connectivity index is 1.43. The lowest BCUT2D eigenvalue weighted by atomic mass is 9.96. The summed E-state index contributed by atoms with van der Waals surface area (Å²) in [6, 6.07) is 8.02. The van der Waals surface area contributed by atoms with Gasteiger partial charge < -0.3 is 4.98 Å². The molecule has 2 aliphatic rings. The molecule has 0 amide bonds. The topological polar surface area (TPSA) is 69.3 Å². The van der Waals surface area contributed by atoms with Crippen LogP contribution in [-0.2, 0) is 16.6 Å². The molecule has 2 saturated heterocycles. The highest BCUT2D eigenvalue weighted by Gasteiger charge is 2.35. The summed E-state index contributed by atoms with van der Waals surface area (Å²) in [4.78, 5) is 8.03. The van der Waals surface area contributed by atoms with Crippen molar-refractivity contribution in [2.24, 2.45) is 11.8 Å². The number of hydrogen-bond acceptors (Lipinski definition) is 3. The molecule has 6 nitrogen and oxygen atoms in total. The van der Waals surface area contributed by atoms with Crippen LogP contribution in [0.4, 0.5) is 0 Å². The lowest BCUT2D eigenvalue weighted by Crippen LogP contribution is -2.50. The molecule has 2 fully saturated rings. The summed E-state index contributed by atoms with van der Waals surface area (Å²) in [5.41, 5.74) is 2.02. The van der Waals surface area contributed by atoms with Crippen LogP contribution in [0, 0.1) is 11.8 Å². The van der Waals surface area contributed by atoms with Gasteiger partial charge in [0.05, 0.1) is 11.0 Å². The number of nitrogens with one attached hydrogen (secondary N) is 1. The molecule has 0 aliphatic carbocycles. The Hall–Kier alpha value is -1.44. The normalized spacial score (nSPS) is 24.3. The van der Waals surface area contributed by atoms with E-state index in [9.17, 15) is 8.42 Å². The number of para-hydroxylation sites is 2. The summed E-state index contributed by atoms with van der Waals surface area (Å²) < 4.78 is 29.4. The second kappa shape index (κ2) is 7.29. The number of rotatable bonds is 4. The van der Waals surface area contributed by atoms with E-state index < -0.39 is 10.2 Å². The smallest absolute Gasteiger partial charge is 0.281 e. The number of aromatic amines is 1. The number of fused-ring (bicyclic) bond motifs is 1. The van der Waals surface area contributed by atoms with Gasteiger partial charge in [0.25, 0.3) is 10.2 Å². The van der Waals surface area contributed by atoms with Crippen molar-refractivity contribution in [2.75, 3.05) is 26.2 Å². The first-order valence-corrected chi connectivity index (χ1v) is 11.1. The van der Waals surface area contributed by atoms with Gasteiger partial charge in [-0.05, 0) is 49.7 Å². The van der Waals surface area contributed by atoms with E-state index in [1.54, 1.807) is 8.61 Å². The Kier molecular flexibility index (Phi) is 5.03. The number of hydrogen-bond donors (Lipinski definition) is 1. The lowest BCUT2D eigenvalue weighted by molar-refractivity contribution is 0.224. The molecule has 1 atom stereocenters. The highest BCUT2D eigenvalue weighted by atomic mass is 32.2. The number of benzene rings is 1. The molecule has 0 bridgehead atoms. The zero-order chi connectivity index (χ0) is 18.1. The molecular formula is C19H28N4O2S. The van der Waals surface area contributed by atoms with Gasteiger partial charge in [-0.1, -0.05) is 19.1 Å². The quantitative estimate of drug-likeness (QED) is 0.892. The standard InChI is InChI=1S/C19H28N4O2S/c1-15-8-11-22(12-9-15)26(24,25)23-10-4-5-16(14-23)13-19-20-17-6-2-3-7-18(17)21-19/h2-3,6-7,15-16H,4-5,8-14H2,1H3,(H,20,21)/t16-/m0/s1. The maximum atomic E-state index is 13.0. The Morgan fingerprint density at radius 1 is 1.12 bits per heavy atom. The number of imidazole rings is 1. The van der Waals surface area contributed by atoms with Crippen LogP contribution in [0.2, 0.25) is 0 Å². The molecule has 0 saturated carbocycles. The van der Waals surface area contributed by atoms with E-state index >= 15 is 0 Å². The van der Waals surface area contributed by atoms with Crippen LogP contribution in [0.25, 0.3) is 11.0 Å². The van der Waals surface area contributed by atoms with Crippen LogP contribution in [0.15, 0.2) is 24.3 Å². The second-order valence-corrected chi connectivity index (χ2v) is 9.79. The number of nitrogens with zero attached hydrogens (tertiary/aromatic N) is 3. The second-order valence-electron chi connectivity index (χ2n) is 7.86. The minimum absolute atomic E-state index is 0.322. The van der Waals surface area contributed by atoms with Crippen molar-refractivity contribution in [1.29, 1.82) is 0 Å². The number of piperidine rings is 2. The van der Waals surface area contributed by atoms with Gasteiger partial charge in [-0.3, -0.25) is 0 Å². The van der Waals surface area contributed by atoms with Crippen LogP contribution >= 0.6 is 0 Å². The molecule has 0 unspecified atom stereocenters. The molecule has 2 aliphatic heterocycles. The van der Waals surface area contributed by atoms with Crippen LogP contribution in [-0.4, -0.2) is 53.2 Å². The van der Waals surface area contributed by atoms with Crippen molar-refractivity contribution < 1.29 is 8.42 Å². The number of aromatic nitrogens is 2. The highest BCUT2D eigenvalue weighted by Crippen LogP contribution is 2.26. The maximum absolute atomic E-state index is 13.0. The summed E-state index contributed by atoms with van der Waals surface area (Å²) in [6.45, 7) is 4.77. The van der Waals surface area contributed by atoms with Gasteiger partial charge in [-0.15, -0.1) is 0 Å². The fourth-order valence-corrected chi connectivity index (χ4v) is 5.92. The van der Waals surface area contributed by atoms with Crippen LogP contribution in [0.1, 0.15) is 38.4 Å². The van der Waals surface area contributed by atoms with Crippen LogP contribution in [0.5, 0.6) is 0 Å². The highest BCUT2D eigenvalue weighted by molar-refractivity contribution is 7.86. The van der Waals surface area contributed by atoms with E-state index in [0.29, 0.717) is 38.0 Å². The van der Waals surface area contributed by atoms with Crippen LogP contribution in [0.3, 0.4) is 0 Å². The summed E-state index contributed by atoms with van der Waals surface area (Å²) >= 11 is 0. The Bertz CT molecular complexity index is 822. The molecule has 1 aromatic carbocycles. The van der Waals surface area contributed by atoms with E-state index in [4.69, 9.17) is 0 Å². The first-order valence-electron chi connectivity index (χ1n) is 9.71. The van der Waals surface area contributed by atoms with Gasteiger partial charge in [0.1, 0.15) is 5.82 Å². The third-order valence-electron chi connectivity index (χ3n) is 5.80. The molecule has 142 valence electrons. The molecule has 1 N–H and O–H groups in total. The van der Waals surface area contributed by atoms with E-state index in [2.05, 4.69) is 16.9 Å². The first-order chi connectivity index (χ1) is 12.5. The average molecular weight is 377 g/mol. The predicted molar refractivity (Wildman–Crippen MR) is 103 cm³/mol. The van der Waals surface area contributed by atoms with Gasteiger partial charge >= 0.3 is 0 Å². The van der Waals surface area contributed by atoms with Gasteiger partial charge in [-0.2, -0.15) is 17.0 Å². The van der Waals surface area contributed by atoms with Gasteiger partial charge in [0.2, 0.25) is 0 Å². The van der Waals surface area contributed by atoms with Crippen molar-refractivity contribution >= 4 is 21.2 Å². The third kappa shape index (κ3) is 3.66. The number of H-pyrrole nitrogens is 1. The molecular weight excluding hydrogens is 348 g/mol. The molecule has 1 aromatic heterocycles. The van der Waals surface area contributed by atoms with Crippen molar-refractivity contribution in [3.8, 4) is 0 Å². The predicted octanol–water partition coefficient (Wildman–Crippen LogP) is 2.79. The van der Waals surface area contributed by atoms with Crippen molar-refractivity contribution in [3.05, 3.63) is 30.1 Å². The first kappa shape index (κ1) is 17.9. The molecule has 0 spiro atoms. The fraction of sp³-hybridized carbons (Fsp3) is 0.632. The zero-order valence-corrected chi connectivity index (χ0v) is 16.2. The van der Waals surface area contributed by atoms with E-state index in [-0.39, 0.29) is 0 Å². The van der Waals surface area contributed by atoms with E-state index in [1.165, 1.54) is 0 Å². The molecule has 0 radical (unpaired) electrons. The zero-order valence-electron chi connectivity index (χ0n) is 15.4. The molecule has 3 heterocycles. The summed E-state index contributed by atoms with van der Waals surface area (Å²) in [6.07, 6.45) is 4.72. The van der Waals surface area contributed by atoms with Crippen molar-refractivity contribution in [3.63, 3.8) is 0 Å². The SMILES string of the molecule is CC1CCN(S(=O)(=O)N2CCC[C@@H](Cc3nc4ccccc4[nH]3)C2)CC1. The largest absolute Gasteiger partial charge is 0.342 e.